The smallest absolute Gasteiger partial charge is 0.117 e. The maximum atomic E-state index is 4.43. The summed E-state index contributed by atoms with van der Waals surface area (Å²) in [5, 5.41) is 6.30. The van der Waals surface area contributed by atoms with Gasteiger partial charge in [-0.05, 0) is 19.4 Å². The summed E-state index contributed by atoms with van der Waals surface area (Å²) >= 11 is 1.82. The van der Waals surface area contributed by atoms with E-state index in [1.165, 1.54) is 12.8 Å². The van der Waals surface area contributed by atoms with Gasteiger partial charge in [0, 0.05) is 23.2 Å². The molecule has 0 amide bonds. The van der Waals surface area contributed by atoms with Crippen LogP contribution in [0.5, 0.6) is 0 Å². The lowest BCUT2D eigenvalue weighted by Crippen LogP contribution is -2.31. The van der Waals surface area contributed by atoms with Crippen LogP contribution >= 0.6 is 11.8 Å². The molecule has 0 spiro atoms. The van der Waals surface area contributed by atoms with Gasteiger partial charge in [0.05, 0.1) is 5.52 Å². The number of benzene rings is 1. The van der Waals surface area contributed by atoms with Crippen molar-refractivity contribution in [2.24, 2.45) is 0 Å². The number of hydrogen-bond donors (Lipinski definition) is 1. The van der Waals surface area contributed by atoms with E-state index in [1.54, 1.807) is 6.33 Å². The van der Waals surface area contributed by atoms with E-state index < -0.39 is 0 Å². The van der Waals surface area contributed by atoms with Gasteiger partial charge >= 0.3 is 0 Å². The lowest BCUT2D eigenvalue weighted by molar-refractivity contribution is 0.511. The first kappa shape index (κ1) is 15.3. The zero-order chi connectivity index (χ0) is 14.4. The van der Waals surface area contributed by atoms with Crippen LogP contribution in [0, 0.1) is 0 Å². The SMILES string of the molecule is CCCC(C)NCC(C)Sc1ncnc2ccccc12. The predicted octanol–water partition coefficient (Wildman–Crippen LogP) is 3.89. The van der Waals surface area contributed by atoms with Gasteiger partial charge in [0.2, 0.25) is 0 Å². The summed E-state index contributed by atoms with van der Waals surface area (Å²) in [7, 11) is 0. The number of fused-ring (bicyclic) bond motifs is 1. The number of thioether (sulfide) groups is 1. The molecule has 0 aliphatic carbocycles. The molecule has 1 aromatic carbocycles. The van der Waals surface area contributed by atoms with Crippen LogP contribution < -0.4 is 5.32 Å². The Labute approximate surface area is 125 Å². The Kier molecular flexibility index (Phi) is 5.80. The highest BCUT2D eigenvalue weighted by molar-refractivity contribution is 8.00. The Hall–Kier alpha value is -1.13. The molecular formula is C16H23N3S. The van der Waals surface area contributed by atoms with Crippen molar-refractivity contribution >= 4 is 22.7 Å². The average Bonchev–Trinajstić information content (AvgIpc) is 2.46. The maximum absolute atomic E-state index is 4.43. The summed E-state index contributed by atoms with van der Waals surface area (Å²) in [4.78, 5) is 8.74. The first-order chi connectivity index (χ1) is 9.70. The highest BCUT2D eigenvalue weighted by Gasteiger charge is 2.10. The second-order valence-electron chi connectivity index (χ2n) is 5.22. The van der Waals surface area contributed by atoms with E-state index in [0.717, 1.165) is 22.5 Å². The van der Waals surface area contributed by atoms with E-state index in [-0.39, 0.29) is 0 Å². The van der Waals surface area contributed by atoms with Crippen LogP contribution in [0.15, 0.2) is 35.6 Å². The van der Waals surface area contributed by atoms with Gasteiger partial charge in [0.15, 0.2) is 0 Å². The Balaban J connectivity index is 1.97. The lowest BCUT2D eigenvalue weighted by Gasteiger charge is -2.17. The molecule has 0 saturated heterocycles. The van der Waals surface area contributed by atoms with Crippen molar-refractivity contribution in [2.45, 2.75) is 49.9 Å². The fourth-order valence-corrected chi connectivity index (χ4v) is 3.18. The maximum Gasteiger partial charge on any atom is 0.117 e. The second kappa shape index (κ2) is 7.60. The van der Waals surface area contributed by atoms with Crippen molar-refractivity contribution in [3.05, 3.63) is 30.6 Å². The zero-order valence-electron chi connectivity index (χ0n) is 12.5. The van der Waals surface area contributed by atoms with Crippen molar-refractivity contribution in [2.75, 3.05) is 6.54 Å². The van der Waals surface area contributed by atoms with Crippen molar-refractivity contribution in [3.8, 4) is 0 Å². The van der Waals surface area contributed by atoms with E-state index in [4.69, 9.17) is 0 Å². The molecule has 0 aliphatic heterocycles. The monoisotopic (exact) mass is 289 g/mol. The molecule has 2 aromatic rings. The fraction of sp³-hybridized carbons (Fsp3) is 0.500. The number of para-hydroxylation sites is 1. The molecule has 2 atom stereocenters. The van der Waals surface area contributed by atoms with E-state index in [9.17, 15) is 0 Å². The van der Waals surface area contributed by atoms with Crippen LogP contribution in [0.3, 0.4) is 0 Å². The summed E-state index contributed by atoms with van der Waals surface area (Å²) in [6, 6.07) is 8.78. The highest BCUT2D eigenvalue weighted by Crippen LogP contribution is 2.27. The summed E-state index contributed by atoms with van der Waals surface area (Å²) in [5.74, 6) is 0. The number of hydrogen-bond acceptors (Lipinski definition) is 4. The van der Waals surface area contributed by atoms with Gasteiger partial charge in [-0.1, -0.05) is 38.5 Å². The summed E-state index contributed by atoms with van der Waals surface area (Å²) in [6.45, 7) is 7.72. The van der Waals surface area contributed by atoms with Crippen LogP contribution in [-0.2, 0) is 0 Å². The molecule has 1 aromatic heterocycles. The van der Waals surface area contributed by atoms with Crippen molar-refractivity contribution in [3.63, 3.8) is 0 Å². The molecule has 3 nitrogen and oxygen atoms in total. The number of nitrogens with one attached hydrogen (secondary N) is 1. The van der Waals surface area contributed by atoms with E-state index in [2.05, 4.69) is 42.1 Å². The molecule has 0 fully saturated rings. The van der Waals surface area contributed by atoms with E-state index >= 15 is 0 Å². The van der Waals surface area contributed by atoms with Gasteiger partial charge in [-0.15, -0.1) is 11.8 Å². The lowest BCUT2D eigenvalue weighted by atomic mass is 10.2. The Morgan fingerprint density at radius 3 is 2.80 bits per heavy atom. The minimum absolute atomic E-state index is 0.493. The zero-order valence-corrected chi connectivity index (χ0v) is 13.3. The molecule has 4 heteroatoms. The third kappa shape index (κ3) is 4.18. The van der Waals surface area contributed by atoms with Crippen molar-refractivity contribution in [1.82, 2.24) is 15.3 Å². The van der Waals surface area contributed by atoms with Crippen LogP contribution in [0.4, 0.5) is 0 Å². The van der Waals surface area contributed by atoms with Gasteiger partial charge in [-0.3, -0.25) is 0 Å². The van der Waals surface area contributed by atoms with Crippen molar-refractivity contribution < 1.29 is 0 Å². The fourth-order valence-electron chi connectivity index (χ4n) is 2.21. The van der Waals surface area contributed by atoms with Crippen LogP contribution in [0.1, 0.15) is 33.6 Å². The van der Waals surface area contributed by atoms with Crippen LogP contribution in [-0.4, -0.2) is 27.8 Å². The summed E-state index contributed by atoms with van der Waals surface area (Å²) in [6.07, 6.45) is 4.12. The molecule has 1 heterocycles. The number of nitrogens with zero attached hydrogens (tertiary/aromatic N) is 2. The molecule has 0 saturated carbocycles. The molecule has 2 unspecified atom stereocenters. The molecule has 1 N–H and O–H groups in total. The molecule has 108 valence electrons. The second-order valence-corrected chi connectivity index (χ2v) is 6.65. The minimum atomic E-state index is 0.493. The van der Waals surface area contributed by atoms with Gasteiger partial charge in [0.25, 0.3) is 0 Å². The summed E-state index contributed by atoms with van der Waals surface area (Å²) in [5.41, 5.74) is 1.02. The largest absolute Gasteiger partial charge is 0.313 e. The normalized spacial score (nSPS) is 14.3. The predicted molar refractivity (Wildman–Crippen MR) is 87.2 cm³/mol. The van der Waals surface area contributed by atoms with Crippen LogP contribution in [0.25, 0.3) is 10.9 Å². The van der Waals surface area contributed by atoms with Crippen molar-refractivity contribution in [1.29, 1.82) is 0 Å². The number of aromatic nitrogens is 2. The number of rotatable bonds is 7. The molecule has 2 rings (SSSR count). The molecular weight excluding hydrogens is 266 g/mol. The minimum Gasteiger partial charge on any atom is -0.313 e. The van der Waals surface area contributed by atoms with E-state index in [1.807, 2.05) is 30.0 Å². The standard InChI is InChI=1S/C16H23N3S/c1-4-7-12(2)17-10-13(3)20-16-14-8-5-6-9-15(14)18-11-19-16/h5-6,8-9,11-13,17H,4,7,10H2,1-3H3. The molecule has 0 aliphatic rings. The topological polar surface area (TPSA) is 37.8 Å². The molecule has 20 heavy (non-hydrogen) atoms. The third-order valence-electron chi connectivity index (χ3n) is 3.29. The van der Waals surface area contributed by atoms with Gasteiger partial charge < -0.3 is 5.32 Å². The molecule has 0 bridgehead atoms. The quantitative estimate of drug-likeness (QED) is 0.620. The third-order valence-corrected chi connectivity index (χ3v) is 4.41. The first-order valence-corrected chi connectivity index (χ1v) is 8.18. The van der Waals surface area contributed by atoms with Gasteiger partial charge in [0.1, 0.15) is 11.4 Å². The van der Waals surface area contributed by atoms with Crippen LogP contribution in [0.2, 0.25) is 0 Å². The Bertz CT molecular complexity index is 539. The Morgan fingerprint density at radius 2 is 2.00 bits per heavy atom. The highest BCUT2D eigenvalue weighted by atomic mass is 32.2. The molecule has 0 radical (unpaired) electrons. The first-order valence-electron chi connectivity index (χ1n) is 7.30. The summed E-state index contributed by atoms with van der Waals surface area (Å²) < 4.78 is 0. The van der Waals surface area contributed by atoms with E-state index in [0.29, 0.717) is 11.3 Å². The average molecular weight is 289 g/mol. The van der Waals surface area contributed by atoms with Gasteiger partial charge in [-0.2, -0.15) is 0 Å². The Morgan fingerprint density at radius 1 is 1.20 bits per heavy atom. The van der Waals surface area contributed by atoms with Gasteiger partial charge in [-0.25, -0.2) is 9.97 Å².